The number of hydrogen-bond donors (Lipinski definition) is 1. The Balaban J connectivity index is 1.62. The molecule has 1 aromatic rings. The number of ether oxygens (including phenoxy) is 1. The predicted molar refractivity (Wildman–Crippen MR) is 87.8 cm³/mol. The molecule has 1 aliphatic carbocycles. The SMILES string of the molecule is CC1CN(c2ccc(CNC(=O)C3CCC3)cc2F)CC(C)O1. The molecule has 2 unspecified atom stereocenters. The fourth-order valence-electron chi connectivity index (χ4n) is 3.30. The number of carbonyl (C=O) groups excluding carboxylic acids is 1. The molecule has 0 bridgehead atoms. The Morgan fingerprint density at radius 1 is 1.30 bits per heavy atom. The number of halogens is 1. The third-order valence-corrected chi connectivity index (χ3v) is 4.72. The maximum Gasteiger partial charge on any atom is 0.223 e. The number of carbonyl (C=O) groups is 1. The molecular formula is C18H25FN2O2. The van der Waals surface area contributed by atoms with E-state index < -0.39 is 0 Å². The number of amides is 1. The van der Waals surface area contributed by atoms with Gasteiger partial charge in [-0.25, -0.2) is 4.39 Å². The first-order valence-electron chi connectivity index (χ1n) is 8.49. The molecule has 1 N–H and O–H groups in total. The third kappa shape index (κ3) is 3.83. The van der Waals surface area contributed by atoms with Crippen LogP contribution in [0.4, 0.5) is 10.1 Å². The van der Waals surface area contributed by atoms with Crippen LogP contribution < -0.4 is 10.2 Å². The number of nitrogens with one attached hydrogen (secondary N) is 1. The Hall–Kier alpha value is -1.62. The topological polar surface area (TPSA) is 41.6 Å². The van der Waals surface area contributed by atoms with Gasteiger partial charge in [-0.15, -0.1) is 0 Å². The predicted octanol–water partition coefficient (Wildman–Crippen LogP) is 2.86. The standard InChI is InChI=1S/C18H25FN2O2/c1-12-10-21(11-13(2)23-12)17-7-6-14(8-16(17)19)9-20-18(22)15-4-3-5-15/h6-8,12-13,15H,3-5,9-11H2,1-2H3,(H,20,22). The summed E-state index contributed by atoms with van der Waals surface area (Å²) in [6.07, 6.45) is 3.29. The van der Waals surface area contributed by atoms with Crippen LogP contribution in [-0.2, 0) is 16.1 Å². The van der Waals surface area contributed by atoms with Crippen LogP contribution in [0.25, 0.3) is 0 Å². The maximum atomic E-state index is 14.5. The Kier molecular flexibility index (Phi) is 4.85. The van der Waals surface area contributed by atoms with E-state index in [-0.39, 0.29) is 29.9 Å². The van der Waals surface area contributed by atoms with Crippen LogP contribution in [0.3, 0.4) is 0 Å². The van der Waals surface area contributed by atoms with E-state index >= 15 is 0 Å². The maximum absolute atomic E-state index is 14.5. The molecule has 0 spiro atoms. The van der Waals surface area contributed by atoms with Gasteiger partial charge in [0.15, 0.2) is 0 Å². The largest absolute Gasteiger partial charge is 0.372 e. The van der Waals surface area contributed by atoms with Gasteiger partial charge >= 0.3 is 0 Å². The van der Waals surface area contributed by atoms with Gasteiger partial charge in [0.1, 0.15) is 5.82 Å². The Bertz CT molecular complexity index is 564. The van der Waals surface area contributed by atoms with Crippen molar-refractivity contribution < 1.29 is 13.9 Å². The molecule has 1 heterocycles. The molecule has 0 radical (unpaired) electrons. The second-order valence-corrected chi connectivity index (χ2v) is 6.79. The van der Waals surface area contributed by atoms with Gasteiger partial charge in [-0.3, -0.25) is 4.79 Å². The molecule has 1 amide bonds. The molecule has 2 fully saturated rings. The van der Waals surface area contributed by atoms with E-state index in [9.17, 15) is 9.18 Å². The number of rotatable bonds is 4. The van der Waals surface area contributed by atoms with Crippen molar-refractivity contribution in [2.75, 3.05) is 18.0 Å². The summed E-state index contributed by atoms with van der Waals surface area (Å²) in [4.78, 5) is 13.9. The Morgan fingerprint density at radius 3 is 2.57 bits per heavy atom. The highest BCUT2D eigenvalue weighted by atomic mass is 19.1. The van der Waals surface area contributed by atoms with Crippen LogP contribution in [0, 0.1) is 11.7 Å². The summed E-state index contributed by atoms with van der Waals surface area (Å²) in [5.74, 6) is 0.0219. The molecule has 23 heavy (non-hydrogen) atoms. The summed E-state index contributed by atoms with van der Waals surface area (Å²) in [5, 5.41) is 2.90. The molecular weight excluding hydrogens is 295 g/mol. The minimum Gasteiger partial charge on any atom is -0.372 e. The van der Waals surface area contributed by atoms with Gasteiger partial charge in [0.05, 0.1) is 17.9 Å². The molecule has 4 nitrogen and oxygen atoms in total. The van der Waals surface area contributed by atoms with Gasteiger partial charge in [0.2, 0.25) is 5.91 Å². The molecule has 1 saturated carbocycles. The first kappa shape index (κ1) is 16.2. The van der Waals surface area contributed by atoms with Crippen molar-refractivity contribution in [1.82, 2.24) is 5.32 Å². The van der Waals surface area contributed by atoms with Crippen LogP contribution in [-0.4, -0.2) is 31.2 Å². The van der Waals surface area contributed by atoms with Crippen molar-refractivity contribution in [2.24, 2.45) is 5.92 Å². The van der Waals surface area contributed by atoms with Crippen LogP contribution in [0.1, 0.15) is 38.7 Å². The zero-order valence-corrected chi connectivity index (χ0v) is 13.8. The highest BCUT2D eigenvalue weighted by Gasteiger charge is 2.26. The van der Waals surface area contributed by atoms with E-state index in [1.54, 1.807) is 0 Å². The lowest BCUT2D eigenvalue weighted by Gasteiger charge is -2.37. The van der Waals surface area contributed by atoms with E-state index in [1.165, 1.54) is 6.07 Å². The summed E-state index contributed by atoms with van der Waals surface area (Å²) >= 11 is 0. The minimum absolute atomic E-state index is 0.0940. The summed E-state index contributed by atoms with van der Waals surface area (Å²) in [6.45, 7) is 5.79. The summed E-state index contributed by atoms with van der Waals surface area (Å²) in [5.41, 5.74) is 1.41. The molecule has 2 aliphatic rings. The minimum atomic E-state index is -0.235. The van der Waals surface area contributed by atoms with Crippen molar-refractivity contribution in [3.05, 3.63) is 29.6 Å². The lowest BCUT2D eigenvalue weighted by Crippen LogP contribution is -2.45. The fourth-order valence-corrected chi connectivity index (χ4v) is 3.30. The van der Waals surface area contributed by atoms with Gasteiger partial charge in [-0.1, -0.05) is 12.5 Å². The number of hydrogen-bond acceptors (Lipinski definition) is 3. The van der Waals surface area contributed by atoms with Crippen molar-refractivity contribution in [1.29, 1.82) is 0 Å². The smallest absolute Gasteiger partial charge is 0.223 e. The van der Waals surface area contributed by atoms with Gasteiger partial charge in [-0.05, 0) is 44.4 Å². The second-order valence-electron chi connectivity index (χ2n) is 6.79. The average Bonchev–Trinajstić information content (AvgIpc) is 2.42. The molecule has 1 aromatic carbocycles. The first-order valence-corrected chi connectivity index (χ1v) is 8.49. The van der Waals surface area contributed by atoms with Crippen LogP contribution in [0.2, 0.25) is 0 Å². The van der Waals surface area contributed by atoms with E-state index in [4.69, 9.17) is 4.74 Å². The van der Waals surface area contributed by atoms with Gasteiger partial charge in [0, 0.05) is 25.6 Å². The highest BCUT2D eigenvalue weighted by Crippen LogP contribution is 2.27. The molecule has 3 rings (SSSR count). The van der Waals surface area contributed by atoms with E-state index in [2.05, 4.69) is 5.32 Å². The van der Waals surface area contributed by atoms with Gasteiger partial charge < -0.3 is 15.0 Å². The normalized spacial score (nSPS) is 25.1. The van der Waals surface area contributed by atoms with Crippen molar-refractivity contribution >= 4 is 11.6 Å². The fraction of sp³-hybridized carbons (Fsp3) is 0.611. The van der Waals surface area contributed by atoms with Gasteiger partial charge in [-0.2, -0.15) is 0 Å². The highest BCUT2D eigenvalue weighted by molar-refractivity contribution is 5.79. The van der Waals surface area contributed by atoms with Gasteiger partial charge in [0.25, 0.3) is 0 Å². The van der Waals surface area contributed by atoms with Crippen molar-refractivity contribution in [3.63, 3.8) is 0 Å². The number of anilines is 1. The Labute approximate surface area is 137 Å². The molecule has 0 aromatic heterocycles. The van der Waals surface area contributed by atoms with Crippen LogP contribution in [0.5, 0.6) is 0 Å². The first-order chi connectivity index (χ1) is 11.0. The van der Waals surface area contributed by atoms with Crippen LogP contribution >= 0.6 is 0 Å². The molecule has 5 heteroatoms. The quantitative estimate of drug-likeness (QED) is 0.927. The monoisotopic (exact) mass is 320 g/mol. The molecule has 126 valence electrons. The van der Waals surface area contributed by atoms with E-state index in [0.717, 1.165) is 24.8 Å². The van der Waals surface area contributed by atoms with Crippen LogP contribution in [0.15, 0.2) is 18.2 Å². The summed E-state index contributed by atoms with van der Waals surface area (Å²) < 4.78 is 20.1. The number of benzene rings is 1. The lowest BCUT2D eigenvalue weighted by molar-refractivity contribution is -0.127. The average molecular weight is 320 g/mol. The Morgan fingerprint density at radius 2 is 2.00 bits per heavy atom. The summed E-state index contributed by atoms with van der Waals surface area (Å²) in [6, 6.07) is 5.23. The zero-order chi connectivity index (χ0) is 16.4. The summed E-state index contributed by atoms with van der Waals surface area (Å²) in [7, 11) is 0. The van der Waals surface area contributed by atoms with E-state index in [0.29, 0.717) is 25.3 Å². The zero-order valence-electron chi connectivity index (χ0n) is 13.8. The lowest BCUT2D eigenvalue weighted by atomic mass is 9.85. The number of morpholine rings is 1. The molecule has 1 aliphatic heterocycles. The second kappa shape index (κ2) is 6.87. The molecule has 2 atom stereocenters. The molecule has 1 saturated heterocycles. The third-order valence-electron chi connectivity index (χ3n) is 4.72. The number of nitrogens with zero attached hydrogens (tertiary/aromatic N) is 1. The van der Waals surface area contributed by atoms with Crippen molar-refractivity contribution in [3.8, 4) is 0 Å². The van der Waals surface area contributed by atoms with E-state index in [1.807, 2.05) is 30.9 Å². The van der Waals surface area contributed by atoms with Crippen molar-refractivity contribution in [2.45, 2.75) is 51.9 Å².